The minimum Gasteiger partial charge on any atom is -0.423 e. The maximum atomic E-state index is 12.0. The summed E-state index contributed by atoms with van der Waals surface area (Å²) in [4.78, 5) is 12.0. The minimum absolute atomic E-state index is 0.0356. The highest BCUT2D eigenvalue weighted by molar-refractivity contribution is 5.85. The zero-order valence-corrected chi connectivity index (χ0v) is 17.9. The lowest BCUT2D eigenvalue weighted by Gasteiger charge is -2.23. The van der Waals surface area contributed by atoms with Crippen molar-refractivity contribution >= 4 is 5.97 Å². The number of hydrogen-bond donors (Lipinski definition) is 0. The molecular weight excluding hydrogens is 336 g/mol. The summed E-state index contributed by atoms with van der Waals surface area (Å²) in [5.41, 5.74) is 2.09. The molecule has 3 nitrogen and oxygen atoms in total. The number of hydrogen-bond acceptors (Lipinski definition) is 3. The van der Waals surface area contributed by atoms with E-state index >= 15 is 0 Å². The molecule has 0 aliphatic carbocycles. The van der Waals surface area contributed by atoms with Gasteiger partial charge in [-0.1, -0.05) is 51.0 Å². The van der Waals surface area contributed by atoms with Crippen LogP contribution in [0.25, 0.3) is 0 Å². The van der Waals surface area contributed by atoms with Crippen molar-refractivity contribution in [3.05, 3.63) is 53.6 Å². The quantitative estimate of drug-likeness (QED) is 0.198. The van der Waals surface area contributed by atoms with E-state index in [1.54, 1.807) is 7.11 Å². The summed E-state index contributed by atoms with van der Waals surface area (Å²) >= 11 is 0. The van der Waals surface area contributed by atoms with E-state index in [-0.39, 0.29) is 11.6 Å². The first-order valence-electron chi connectivity index (χ1n) is 9.96. The highest BCUT2D eigenvalue weighted by Crippen LogP contribution is 2.20. The molecule has 0 amide bonds. The van der Waals surface area contributed by atoms with E-state index in [1.165, 1.54) is 18.1 Å². The van der Waals surface area contributed by atoms with Crippen molar-refractivity contribution in [2.75, 3.05) is 7.11 Å². The third-order valence-electron chi connectivity index (χ3n) is 4.84. The Labute approximate surface area is 165 Å². The summed E-state index contributed by atoms with van der Waals surface area (Å²) in [7, 11) is 1.77. The van der Waals surface area contributed by atoms with Gasteiger partial charge in [-0.05, 0) is 69.2 Å². The maximum absolute atomic E-state index is 12.0. The second-order valence-corrected chi connectivity index (χ2v) is 7.91. The lowest BCUT2D eigenvalue weighted by molar-refractivity contribution is -0.129. The summed E-state index contributed by atoms with van der Waals surface area (Å²) < 4.78 is 10.8. The summed E-state index contributed by atoms with van der Waals surface area (Å²) in [5.74, 6) is 0.861. The summed E-state index contributed by atoms with van der Waals surface area (Å²) in [6, 6.07) is 7.63. The number of aryl methyl sites for hydroxylation is 1. The van der Waals surface area contributed by atoms with Crippen LogP contribution in [0.2, 0.25) is 0 Å². The molecule has 0 aliphatic heterocycles. The molecule has 0 bridgehead atoms. The van der Waals surface area contributed by atoms with Gasteiger partial charge in [0.1, 0.15) is 5.75 Å². The number of ether oxygens (including phenoxy) is 2. The first kappa shape index (κ1) is 23.2. The van der Waals surface area contributed by atoms with Crippen LogP contribution < -0.4 is 4.74 Å². The number of carbonyl (C=O) groups is 1. The van der Waals surface area contributed by atoms with Crippen molar-refractivity contribution in [1.29, 1.82) is 0 Å². The highest BCUT2D eigenvalue weighted by atomic mass is 16.5. The molecule has 0 aliphatic rings. The average molecular weight is 373 g/mol. The van der Waals surface area contributed by atoms with Crippen molar-refractivity contribution in [3.8, 4) is 5.75 Å². The van der Waals surface area contributed by atoms with Gasteiger partial charge in [0.05, 0.1) is 5.60 Å². The second kappa shape index (κ2) is 11.8. The highest BCUT2D eigenvalue weighted by Gasteiger charge is 2.15. The van der Waals surface area contributed by atoms with Gasteiger partial charge in [0.15, 0.2) is 0 Å². The van der Waals surface area contributed by atoms with Gasteiger partial charge in [-0.2, -0.15) is 0 Å². The van der Waals surface area contributed by atoms with Crippen LogP contribution in [0.15, 0.2) is 48.1 Å². The van der Waals surface area contributed by atoms with Gasteiger partial charge in [-0.3, -0.25) is 0 Å². The normalized spacial score (nSPS) is 13.8. The predicted octanol–water partition coefficient (Wildman–Crippen LogP) is 6.28. The topological polar surface area (TPSA) is 35.5 Å². The Bertz CT molecular complexity index is 624. The van der Waals surface area contributed by atoms with Crippen LogP contribution in [0.5, 0.6) is 5.75 Å². The molecule has 150 valence electrons. The third-order valence-corrected chi connectivity index (χ3v) is 4.84. The summed E-state index contributed by atoms with van der Waals surface area (Å²) in [6.07, 6.45) is 11.1. The molecule has 1 aromatic rings. The van der Waals surface area contributed by atoms with Gasteiger partial charge in [-0.25, -0.2) is 4.79 Å². The van der Waals surface area contributed by atoms with E-state index in [2.05, 4.69) is 33.8 Å². The first-order valence-corrected chi connectivity index (χ1v) is 9.96. The van der Waals surface area contributed by atoms with Crippen LogP contribution in [0.1, 0.15) is 65.9 Å². The van der Waals surface area contributed by atoms with Crippen molar-refractivity contribution < 1.29 is 14.3 Å². The first-order chi connectivity index (χ1) is 12.8. The molecule has 0 aromatic heterocycles. The van der Waals surface area contributed by atoms with E-state index in [1.807, 2.05) is 37.3 Å². The molecule has 1 rings (SSSR count). The minimum atomic E-state index is -0.337. The SMILES string of the molecule is CCc1ccc(OC(=O)C=C(C)C=CCC(C)CCCC(C)(C)OC)cc1. The van der Waals surface area contributed by atoms with E-state index in [9.17, 15) is 4.79 Å². The van der Waals surface area contributed by atoms with E-state index in [0.717, 1.165) is 31.3 Å². The van der Waals surface area contributed by atoms with Crippen molar-refractivity contribution in [2.24, 2.45) is 5.92 Å². The zero-order valence-electron chi connectivity index (χ0n) is 17.9. The van der Waals surface area contributed by atoms with Gasteiger partial charge in [-0.15, -0.1) is 0 Å². The van der Waals surface area contributed by atoms with Crippen LogP contribution in [0.3, 0.4) is 0 Å². The molecule has 27 heavy (non-hydrogen) atoms. The van der Waals surface area contributed by atoms with E-state index in [0.29, 0.717) is 11.7 Å². The number of esters is 1. The molecule has 0 saturated heterocycles. The third kappa shape index (κ3) is 10.1. The number of methoxy groups -OCH3 is 1. The van der Waals surface area contributed by atoms with Crippen LogP contribution in [0, 0.1) is 5.92 Å². The lowest BCUT2D eigenvalue weighted by Crippen LogP contribution is -2.22. The van der Waals surface area contributed by atoms with Crippen molar-refractivity contribution in [2.45, 2.75) is 72.3 Å². The zero-order chi connectivity index (χ0) is 20.3. The predicted molar refractivity (Wildman–Crippen MR) is 113 cm³/mol. The number of carbonyl (C=O) groups excluding carboxylic acids is 1. The van der Waals surface area contributed by atoms with E-state index in [4.69, 9.17) is 9.47 Å². The Morgan fingerprint density at radius 3 is 2.48 bits per heavy atom. The molecule has 0 radical (unpaired) electrons. The molecule has 0 spiro atoms. The molecular formula is C24H36O3. The smallest absolute Gasteiger partial charge is 0.336 e. The summed E-state index contributed by atoms with van der Waals surface area (Å²) in [5, 5.41) is 0. The Hall–Kier alpha value is -1.87. The monoisotopic (exact) mass is 372 g/mol. The van der Waals surface area contributed by atoms with Gasteiger partial charge in [0.2, 0.25) is 0 Å². The van der Waals surface area contributed by atoms with Gasteiger partial charge < -0.3 is 9.47 Å². The fourth-order valence-corrected chi connectivity index (χ4v) is 2.76. The molecule has 0 saturated carbocycles. The van der Waals surface area contributed by atoms with Crippen molar-refractivity contribution in [3.63, 3.8) is 0 Å². The Balaban J connectivity index is 2.37. The Morgan fingerprint density at radius 2 is 1.89 bits per heavy atom. The fraction of sp³-hybridized carbons (Fsp3) is 0.542. The Morgan fingerprint density at radius 1 is 1.22 bits per heavy atom. The lowest BCUT2D eigenvalue weighted by atomic mass is 9.95. The summed E-state index contributed by atoms with van der Waals surface area (Å²) in [6.45, 7) is 10.5. The largest absolute Gasteiger partial charge is 0.423 e. The van der Waals surface area contributed by atoms with Gasteiger partial charge >= 0.3 is 5.97 Å². The van der Waals surface area contributed by atoms with Gasteiger partial charge in [0.25, 0.3) is 0 Å². The second-order valence-electron chi connectivity index (χ2n) is 7.91. The Kier molecular flexibility index (Phi) is 10.1. The molecule has 0 N–H and O–H groups in total. The standard InChI is InChI=1S/C24H36O3/c1-7-21-13-15-22(16-14-21)27-23(25)18-20(3)11-8-10-19(2)12-9-17-24(4,5)26-6/h8,11,13-16,18-19H,7,9-10,12,17H2,1-6H3. The molecule has 0 heterocycles. The number of rotatable bonds is 11. The van der Waals surface area contributed by atoms with Crippen molar-refractivity contribution in [1.82, 2.24) is 0 Å². The van der Waals surface area contributed by atoms with E-state index < -0.39 is 0 Å². The van der Waals surface area contributed by atoms with Crippen LogP contribution >= 0.6 is 0 Å². The molecule has 1 aromatic carbocycles. The van der Waals surface area contributed by atoms with Gasteiger partial charge in [0, 0.05) is 13.2 Å². The van der Waals surface area contributed by atoms with Crippen LogP contribution in [-0.2, 0) is 16.0 Å². The molecule has 3 heteroatoms. The molecule has 1 atom stereocenters. The van der Waals surface area contributed by atoms with Crippen LogP contribution in [0.4, 0.5) is 0 Å². The maximum Gasteiger partial charge on any atom is 0.336 e. The average Bonchev–Trinajstić information content (AvgIpc) is 2.62. The molecule has 1 unspecified atom stereocenters. The molecule has 0 fully saturated rings. The number of benzene rings is 1. The fourth-order valence-electron chi connectivity index (χ4n) is 2.76. The van der Waals surface area contributed by atoms with Crippen LogP contribution in [-0.4, -0.2) is 18.7 Å². The number of allylic oxidation sites excluding steroid dienone is 3.